The van der Waals surface area contributed by atoms with E-state index in [1.54, 1.807) is 0 Å². The Morgan fingerprint density at radius 3 is 2.53 bits per heavy atom. The van der Waals surface area contributed by atoms with E-state index in [1.165, 1.54) is 0 Å². The fourth-order valence-corrected chi connectivity index (χ4v) is 2.21. The summed E-state index contributed by atoms with van der Waals surface area (Å²) in [6.07, 6.45) is -0.478. The van der Waals surface area contributed by atoms with Gasteiger partial charge in [0.1, 0.15) is 10.9 Å². The fourth-order valence-electron chi connectivity index (χ4n) is 1.32. The number of nitrogens with two attached hydrogens (primary N) is 1. The SMILES string of the molecule is Cc1c(Cl)cccc1[C@@H](N)N[S+]([O-])C(C)(C)C. The molecule has 0 amide bonds. The van der Waals surface area contributed by atoms with Crippen LogP contribution >= 0.6 is 11.6 Å². The van der Waals surface area contributed by atoms with Crippen molar-refractivity contribution < 1.29 is 4.55 Å². The second-order valence-corrected chi connectivity index (χ2v) is 7.34. The molecule has 0 spiro atoms. The van der Waals surface area contributed by atoms with Crippen LogP contribution in [-0.4, -0.2) is 9.30 Å². The Balaban J connectivity index is 2.84. The van der Waals surface area contributed by atoms with Crippen molar-refractivity contribution in [2.75, 3.05) is 0 Å². The fraction of sp³-hybridized carbons (Fsp3) is 0.500. The predicted octanol–water partition coefficient (Wildman–Crippen LogP) is 2.66. The van der Waals surface area contributed by atoms with Gasteiger partial charge in [-0.1, -0.05) is 23.7 Å². The molecule has 1 aromatic rings. The van der Waals surface area contributed by atoms with Gasteiger partial charge in [0.15, 0.2) is 0 Å². The molecule has 0 radical (unpaired) electrons. The molecule has 0 aromatic heterocycles. The molecule has 5 heteroatoms. The van der Waals surface area contributed by atoms with Gasteiger partial charge >= 0.3 is 0 Å². The summed E-state index contributed by atoms with van der Waals surface area (Å²) in [5.74, 6) is 0. The Morgan fingerprint density at radius 2 is 2.00 bits per heavy atom. The van der Waals surface area contributed by atoms with Crippen molar-refractivity contribution in [3.8, 4) is 0 Å². The lowest BCUT2D eigenvalue weighted by Gasteiger charge is -2.27. The van der Waals surface area contributed by atoms with E-state index < -0.39 is 17.5 Å². The minimum atomic E-state index is -1.20. The van der Waals surface area contributed by atoms with Crippen LogP contribution < -0.4 is 10.5 Å². The van der Waals surface area contributed by atoms with Gasteiger partial charge in [-0.25, -0.2) is 0 Å². The van der Waals surface area contributed by atoms with E-state index in [-0.39, 0.29) is 4.75 Å². The highest BCUT2D eigenvalue weighted by Crippen LogP contribution is 2.23. The third-order valence-electron chi connectivity index (χ3n) is 2.43. The predicted molar refractivity (Wildman–Crippen MR) is 74.1 cm³/mol. The van der Waals surface area contributed by atoms with Gasteiger partial charge < -0.3 is 10.3 Å². The van der Waals surface area contributed by atoms with Crippen molar-refractivity contribution in [2.24, 2.45) is 5.73 Å². The molecule has 1 aromatic carbocycles. The van der Waals surface area contributed by atoms with Crippen molar-refractivity contribution in [1.82, 2.24) is 4.72 Å². The van der Waals surface area contributed by atoms with Crippen LogP contribution in [0.15, 0.2) is 18.2 Å². The highest BCUT2D eigenvalue weighted by atomic mass is 35.5. The van der Waals surface area contributed by atoms with Crippen LogP contribution in [0.25, 0.3) is 0 Å². The van der Waals surface area contributed by atoms with Gasteiger partial charge in [-0.15, -0.1) is 4.72 Å². The molecule has 3 N–H and O–H groups in total. The summed E-state index contributed by atoms with van der Waals surface area (Å²) >= 11 is 4.82. The lowest BCUT2D eigenvalue weighted by Crippen LogP contribution is -2.44. The average molecular weight is 275 g/mol. The summed E-state index contributed by atoms with van der Waals surface area (Å²) in [6.45, 7) is 7.59. The lowest BCUT2D eigenvalue weighted by molar-refractivity contribution is 0.526. The quantitative estimate of drug-likeness (QED) is 0.658. The summed E-state index contributed by atoms with van der Waals surface area (Å²) in [7, 11) is 0. The highest BCUT2D eigenvalue weighted by molar-refractivity contribution is 7.90. The van der Waals surface area contributed by atoms with E-state index in [0.717, 1.165) is 11.1 Å². The standard InChI is InChI=1S/C12H19ClN2OS/c1-8-9(6-5-7-10(8)13)11(14)15-17(16)12(2,3)4/h5-7,11,15H,14H2,1-4H3/t11-,17?/m0/s1. The van der Waals surface area contributed by atoms with E-state index in [0.29, 0.717) is 5.02 Å². The molecule has 0 fully saturated rings. The molecule has 2 atom stereocenters. The van der Waals surface area contributed by atoms with E-state index in [1.807, 2.05) is 45.9 Å². The Kier molecular flexibility index (Phi) is 4.86. The molecular formula is C12H19ClN2OS. The first kappa shape index (κ1) is 14.8. The van der Waals surface area contributed by atoms with E-state index in [2.05, 4.69) is 4.72 Å². The number of rotatable bonds is 3. The molecule has 0 saturated heterocycles. The Labute approximate surface area is 111 Å². The molecule has 0 aliphatic carbocycles. The van der Waals surface area contributed by atoms with Crippen molar-refractivity contribution in [2.45, 2.75) is 38.6 Å². The molecule has 0 saturated carbocycles. The molecule has 3 nitrogen and oxygen atoms in total. The molecule has 0 heterocycles. The molecule has 0 aliphatic heterocycles. The van der Waals surface area contributed by atoms with Gasteiger partial charge in [-0.2, -0.15) is 0 Å². The zero-order valence-corrected chi connectivity index (χ0v) is 12.2. The number of hydrogen-bond acceptors (Lipinski definition) is 3. The number of nitrogens with one attached hydrogen (secondary N) is 1. The molecule has 96 valence electrons. The normalized spacial score (nSPS) is 15.7. The summed E-state index contributed by atoms with van der Waals surface area (Å²) in [5.41, 5.74) is 7.79. The van der Waals surface area contributed by atoms with Crippen molar-refractivity contribution >= 4 is 23.0 Å². The molecule has 17 heavy (non-hydrogen) atoms. The van der Waals surface area contributed by atoms with E-state index in [4.69, 9.17) is 17.3 Å². The van der Waals surface area contributed by atoms with Crippen LogP contribution in [0, 0.1) is 6.92 Å². The first-order valence-corrected chi connectivity index (χ1v) is 6.95. The van der Waals surface area contributed by atoms with E-state index in [9.17, 15) is 4.55 Å². The molecule has 0 bridgehead atoms. The second kappa shape index (κ2) is 5.59. The molecule has 1 rings (SSSR count). The zero-order valence-electron chi connectivity index (χ0n) is 10.6. The first-order chi connectivity index (χ1) is 7.73. The topological polar surface area (TPSA) is 61.1 Å². The van der Waals surface area contributed by atoms with Gasteiger partial charge in [0, 0.05) is 16.4 Å². The van der Waals surface area contributed by atoms with Gasteiger partial charge in [0.2, 0.25) is 0 Å². The first-order valence-electron chi connectivity index (χ1n) is 5.42. The van der Waals surface area contributed by atoms with Crippen molar-refractivity contribution in [3.63, 3.8) is 0 Å². The smallest absolute Gasteiger partial charge is 0.137 e. The summed E-state index contributed by atoms with van der Waals surface area (Å²) in [6, 6.07) is 5.54. The Hall–Kier alpha value is -0.260. The maximum atomic E-state index is 11.9. The van der Waals surface area contributed by atoms with Gasteiger partial charge in [0.05, 0.1) is 0 Å². The zero-order chi connectivity index (χ0) is 13.2. The van der Waals surface area contributed by atoms with E-state index >= 15 is 0 Å². The lowest BCUT2D eigenvalue weighted by atomic mass is 10.1. The largest absolute Gasteiger partial charge is 0.598 e. The minimum absolute atomic E-state index is 0.343. The van der Waals surface area contributed by atoms with Crippen LogP contribution in [0.5, 0.6) is 0 Å². The molecule has 0 aliphatic rings. The number of hydrogen-bond donors (Lipinski definition) is 2. The summed E-state index contributed by atoms with van der Waals surface area (Å²) in [5, 5.41) is 0.668. The maximum Gasteiger partial charge on any atom is 0.137 e. The third-order valence-corrected chi connectivity index (χ3v) is 4.42. The van der Waals surface area contributed by atoms with Crippen LogP contribution in [0.1, 0.15) is 38.1 Å². The average Bonchev–Trinajstić information content (AvgIpc) is 2.20. The summed E-state index contributed by atoms with van der Waals surface area (Å²) < 4.78 is 14.5. The van der Waals surface area contributed by atoms with Crippen LogP contribution in [-0.2, 0) is 11.4 Å². The summed E-state index contributed by atoms with van der Waals surface area (Å²) in [4.78, 5) is 0. The van der Waals surface area contributed by atoms with Gasteiger partial charge in [-0.3, -0.25) is 0 Å². The van der Waals surface area contributed by atoms with Crippen LogP contribution in [0.3, 0.4) is 0 Å². The molecule has 1 unspecified atom stereocenters. The Bertz CT molecular complexity index is 393. The minimum Gasteiger partial charge on any atom is -0.598 e. The van der Waals surface area contributed by atoms with Gasteiger partial charge in [-0.05, 0) is 44.9 Å². The maximum absolute atomic E-state index is 11.9. The van der Waals surface area contributed by atoms with Gasteiger partial charge in [0.25, 0.3) is 0 Å². The third kappa shape index (κ3) is 3.86. The van der Waals surface area contributed by atoms with Crippen molar-refractivity contribution in [3.05, 3.63) is 34.3 Å². The monoisotopic (exact) mass is 274 g/mol. The number of halogens is 1. The Morgan fingerprint density at radius 1 is 1.41 bits per heavy atom. The number of benzene rings is 1. The molecular weight excluding hydrogens is 256 g/mol. The van der Waals surface area contributed by atoms with Crippen molar-refractivity contribution in [1.29, 1.82) is 0 Å². The highest BCUT2D eigenvalue weighted by Gasteiger charge is 2.29. The second-order valence-electron chi connectivity index (χ2n) is 4.93. The van der Waals surface area contributed by atoms with Crippen LogP contribution in [0.2, 0.25) is 5.02 Å². The van der Waals surface area contributed by atoms with Crippen LogP contribution in [0.4, 0.5) is 0 Å².